The van der Waals surface area contributed by atoms with Crippen molar-refractivity contribution in [2.75, 3.05) is 4.90 Å². The number of fused-ring (bicyclic) bond motifs is 1. The van der Waals surface area contributed by atoms with E-state index in [9.17, 15) is 14.4 Å². The molecule has 2 aromatic carbocycles. The van der Waals surface area contributed by atoms with Crippen LogP contribution in [0.4, 0.5) is 5.69 Å². The lowest BCUT2D eigenvalue weighted by Gasteiger charge is -2.14. The second kappa shape index (κ2) is 4.82. The summed E-state index contributed by atoms with van der Waals surface area (Å²) in [4.78, 5) is 37.1. The minimum absolute atomic E-state index is 0.238. The van der Waals surface area contributed by atoms with Gasteiger partial charge in [0, 0.05) is 5.56 Å². The fraction of sp³-hybridized carbons (Fsp3) is 0.0625. The number of nitrogens with zero attached hydrogens (tertiary/aromatic N) is 1. The SMILES string of the molecule is Cc1ccc2c(c1)C(=O)N(c1cccc(C(=O)Cl)c1)C2=O. The zero-order valence-corrected chi connectivity index (χ0v) is 11.8. The maximum atomic E-state index is 12.4. The minimum Gasteiger partial charge on any atom is -0.276 e. The van der Waals surface area contributed by atoms with Gasteiger partial charge in [0.2, 0.25) is 0 Å². The van der Waals surface area contributed by atoms with E-state index in [0.29, 0.717) is 16.8 Å². The van der Waals surface area contributed by atoms with Crippen LogP contribution in [-0.4, -0.2) is 17.1 Å². The van der Waals surface area contributed by atoms with Crippen molar-refractivity contribution in [2.24, 2.45) is 0 Å². The third kappa shape index (κ3) is 2.14. The van der Waals surface area contributed by atoms with E-state index in [-0.39, 0.29) is 5.56 Å². The van der Waals surface area contributed by atoms with Crippen molar-refractivity contribution >= 4 is 34.3 Å². The number of imide groups is 1. The van der Waals surface area contributed by atoms with Crippen molar-refractivity contribution in [3.05, 3.63) is 64.7 Å². The van der Waals surface area contributed by atoms with Gasteiger partial charge in [-0.15, -0.1) is 0 Å². The molecule has 21 heavy (non-hydrogen) atoms. The number of carbonyl (C=O) groups is 3. The number of rotatable bonds is 2. The van der Waals surface area contributed by atoms with Gasteiger partial charge in [-0.2, -0.15) is 0 Å². The molecule has 0 radical (unpaired) electrons. The summed E-state index contributed by atoms with van der Waals surface area (Å²) in [5, 5.41) is -0.635. The molecule has 0 saturated heterocycles. The molecule has 2 amide bonds. The Bertz CT molecular complexity index is 798. The van der Waals surface area contributed by atoms with E-state index < -0.39 is 17.1 Å². The van der Waals surface area contributed by atoms with Crippen LogP contribution in [0.25, 0.3) is 0 Å². The molecule has 2 aromatic rings. The van der Waals surface area contributed by atoms with E-state index in [2.05, 4.69) is 0 Å². The summed E-state index contributed by atoms with van der Waals surface area (Å²) in [5.74, 6) is -0.785. The van der Waals surface area contributed by atoms with Crippen molar-refractivity contribution in [2.45, 2.75) is 6.92 Å². The summed E-state index contributed by atoms with van der Waals surface area (Å²) >= 11 is 5.44. The summed E-state index contributed by atoms with van der Waals surface area (Å²) < 4.78 is 0. The highest BCUT2D eigenvalue weighted by molar-refractivity contribution is 6.67. The van der Waals surface area contributed by atoms with Crippen LogP contribution < -0.4 is 4.90 Å². The summed E-state index contributed by atoms with van der Waals surface area (Å²) in [6, 6.07) is 11.3. The van der Waals surface area contributed by atoms with E-state index in [1.807, 2.05) is 6.92 Å². The van der Waals surface area contributed by atoms with Crippen LogP contribution in [0.5, 0.6) is 0 Å². The van der Waals surface area contributed by atoms with Gasteiger partial charge in [-0.1, -0.05) is 17.7 Å². The monoisotopic (exact) mass is 299 g/mol. The molecular formula is C16H10ClNO3. The lowest BCUT2D eigenvalue weighted by molar-refractivity contribution is 0.0925. The maximum absolute atomic E-state index is 12.4. The summed E-state index contributed by atoms with van der Waals surface area (Å²) in [6.07, 6.45) is 0. The lowest BCUT2D eigenvalue weighted by Crippen LogP contribution is -2.29. The Hall–Kier alpha value is -2.46. The summed E-state index contributed by atoms with van der Waals surface area (Å²) in [5.41, 5.74) is 2.23. The van der Waals surface area contributed by atoms with Gasteiger partial charge in [0.25, 0.3) is 17.1 Å². The third-order valence-electron chi connectivity index (χ3n) is 3.37. The first kappa shape index (κ1) is 13.5. The quantitative estimate of drug-likeness (QED) is 0.632. The zero-order chi connectivity index (χ0) is 15.1. The molecule has 0 unspecified atom stereocenters. The Kier molecular flexibility index (Phi) is 3.11. The Morgan fingerprint density at radius 3 is 2.43 bits per heavy atom. The molecule has 0 bridgehead atoms. The Balaban J connectivity index is 2.10. The average Bonchev–Trinajstić information content (AvgIpc) is 2.70. The highest BCUT2D eigenvalue weighted by Crippen LogP contribution is 2.29. The molecule has 0 aliphatic carbocycles. The molecule has 0 spiro atoms. The van der Waals surface area contributed by atoms with E-state index in [1.165, 1.54) is 12.1 Å². The minimum atomic E-state index is -0.635. The first-order chi connectivity index (χ1) is 9.99. The predicted octanol–water partition coefficient (Wildman–Crippen LogP) is 3.17. The van der Waals surface area contributed by atoms with Crippen LogP contribution in [0.2, 0.25) is 0 Å². The third-order valence-corrected chi connectivity index (χ3v) is 3.59. The van der Waals surface area contributed by atoms with Gasteiger partial charge in [0.05, 0.1) is 16.8 Å². The van der Waals surface area contributed by atoms with Crippen molar-refractivity contribution < 1.29 is 14.4 Å². The number of hydrogen-bond donors (Lipinski definition) is 0. The van der Waals surface area contributed by atoms with Crippen LogP contribution in [0.3, 0.4) is 0 Å². The lowest BCUT2D eigenvalue weighted by atomic mass is 10.1. The van der Waals surface area contributed by atoms with Gasteiger partial charge in [-0.05, 0) is 48.9 Å². The van der Waals surface area contributed by atoms with Gasteiger partial charge < -0.3 is 0 Å². The molecule has 5 heteroatoms. The van der Waals surface area contributed by atoms with Gasteiger partial charge in [0.1, 0.15) is 0 Å². The van der Waals surface area contributed by atoms with Crippen LogP contribution >= 0.6 is 11.6 Å². The first-order valence-electron chi connectivity index (χ1n) is 6.28. The highest BCUT2D eigenvalue weighted by Gasteiger charge is 2.36. The molecule has 3 rings (SSSR count). The highest BCUT2D eigenvalue weighted by atomic mass is 35.5. The molecule has 1 aliphatic heterocycles. The number of anilines is 1. The zero-order valence-electron chi connectivity index (χ0n) is 11.1. The number of carbonyl (C=O) groups excluding carboxylic acids is 3. The van der Waals surface area contributed by atoms with Gasteiger partial charge in [-0.3, -0.25) is 14.4 Å². The molecule has 0 fully saturated rings. The largest absolute Gasteiger partial charge is 0.276 e. The van der Waals surface area contributed by atoms with Gasteiger partial charge >= 0.3 is 0 Å². The standard InChI is InChI=1S/C16H10ClNO3/c1-9-5-6-12-13(7-9)16(21)18(15(12)20)11-4-2-3-10(8-11)14(17)19/h2-8H,1H3. The van der Waals surface area contributed by atoms with Crippen molar-refractivity contribution in [1.29, 1.82) is 0 Å². The predicted molar refractivity (Wildman–Crippen MR) is 78.9 cm³/mol. The Morgan fingerprint density at radius 2 is 1.71 bits per heavy atom. The second-order valence-corrected chi connectivity index (χ2v) is 5.16. The van der Waals surface area contributed by atoms with E-state index in [0.717, 1.165) is 10.5 Å². The Labute approximate surface area is 125 Å². The molecule has 104 valence electrons. The molecule has 1 aliphatic rings. The number of amides is 2. The number of benzene rings is 2. The molecule has 0 atom stereocenters. The molecule has 1 heterocycles. The van der Waals surface area contributed by atoms with Gasteiger partial charge in [-0.25, -0.2) is 4.90 Å². The number of aryl methyl sites for hydroxylation is 1. The van der Waals surface area contributed by atoms with E-state index >= 15 is 0 Å². The van der Waals surface area contributed by atoms with Crippen LogP contribution in [0.1, 0.15) is 36.6 Å². The fourth-order valence-electron chi connectivity index (χ4n) is 2.36. The molecule has 4 nitrogen and oxygen atoms in total. The topological polar surface area (TPSA) is 54.5 Å². The first-order valence-corrected chi connectivity index (χ1v) is 6.66. The number of halogens is 1. The van der Waals surface area contributed by atoms with Crippen LogP contribution in [-0.2, 0) is 0 Å². The normalized spacial score (nSPS) is 13.5. The fourth-order valence-corrected chi connectivity index (χ4v) is 2.47. The molecule has 0 aromatic heterocycles. The average molecular weight is 300 g/mol. The van der Waals surface area contributed by atoms with Crippen molar-refractivity contribution in [3.63, 3.8) is 0 Å². The van der Waals surface area contributed by atoms with Crippen molar-refractivity contribution in [1.82, 2.24) is 0 Å². The number of hydrogen-bond acceptors (Lipinski definition) is 3. The summed E-state index contributed by atoms with van der Waals surface area (Å²) in [6.45, 7) is 1.85. The Morgan fingerprint density at radius 1 is 1.00 bits per heavy atom. The smallest absolute Gasteiger partial charge is 0.266 e. The van der Waals surface area contributed by atoms with E-state index in [4.69, 9.17) is 11.6 Å². The van der Waals surface area contributed by atoms with Gasteiger partial charge in [0.15, 0.2) is 0 Å². The molecule has 0 saturated carbocycles. The second-order valence-electron chi connectivity index (χ2n) is 4.82. The maximum Gasteiger partial charge on any atom is 0.266 e. The molecular weight excluding hydrogens is 290 g/mol. The van der Waals surface area contributed by atoms with Crippen LogP contribution in [0.15, 0.2) is 42.5 Å². The van der Waals surface area contributed by atoms with E-state index in [1.54, 1.807) is 30.3 Å². The summed E-state index contributed by atoms with van der Waals surface area (Å²) in [7, 11) is 0. The van der Waals surface area contributed by atoms with Crippen molar-refractivity contribution in [3.8, 4) is 0 Å². The van der Waals surface area contributed by atoms with Crippen LogP contribution in [0, 0.1) is 6.92 Å². The molecule has 0 N–H and O–H groups in total.